The highest BCUT2D eigenvalue weighted by Gasteiger charge is 2.36. The lowest BCUT2D eigenvalue weighted by atomic mass is 10.1. The van der Waals surface area contributed by atoms with E-state index in [0.717, 1.165) is 6.07 Å². The summed E-state index contributed by atoms with van der Waals surface area (Å²) >= 11 is 0. The zero-order valence-corrected chi connectivity index (χ0v) is 8.54. The molecule has 2 rings (SSSR count). The Bertz CT molecular complexity index is 426. The highest BCUT2D eigenvalue weighted by Crippen LogP contribution is 2.31. The number of hydrogen-bond acceptors (Lipinski definition) is 3. The number of nitrogens with one attached hydrogen (secondary N) is 1. The van der Waals surface area contributed by atoms with Gasteiger partial charge in [-0.1, -0.05) is 0 Å². The van der Waals surface area contributed by atoms with Crippen molar-refractivity contribution in [3.8, 4) is 0 Å². The fraction of sp³-hybridized carbons (Fsp3) is 0.400. The number of nitrogens with zero attached hydrogens (tertiary/aromatic N) is 2. The molecule has 1 aliphatic heterocycles. The second-order valence-electron chi connectivity index (χ2n) is 3.63. The molecule has 0 amide bonds. The fourth-order valence-electron chi connectivity index (χ4n) is 1.52. The van der Waals surface area contributed by atoms with Crippen molar-refractivity contribution in [1.82, 2.24) is 10.3 Å². The van der Waals surface area contributed by atoms with Crippen molar-refractivity contribution in [3.63, 3.8) is 0 Å². The van der Waals surface area contributed by atoms with E-state index in [2.05, 4.69) is 15.3 Å². The molecular formula is C10H10F3N3. The summed E-state index contributed by atoms with van der Waals surface area (Å²) in [5.74, 6) is 0.223. The van der Waals surface area contributed by atoms with Crippen LogP contribution in [0.3, 0.4) is 0 Å². The third-order valence-electron chi connectivity index (χ3n) is 2.24. The van der Waals surface area contributed by atoms with Crippen molar-refractivity contribution < 1.29 is 13.2 Å². The summed E-state index contributed by atoms with van der Waals surface area (Å²) < 4.78 is 38.0. The molecule has 0 bridgehead atoms. The molecule has 0 saturated carbocycles. The number of halogens is 3. The van der Waals surface area contributed by atoms with Crippen LogP contribution in [0.25, 0.3) is 0 Å². The Balaban J connectivity index is 2.42. The largest absolute Gasteiger partial charge is 0.418 e. The molecule has 0 spiro atoms. The number of amidine groups is 1. The van der Waals surface area contributed by atoms with Crippen molar-refractivity contribution in [1.29, 1.82) is 0 Å². The number of hydrogen-bond donors (Lipinski definition) is 1. The van der Waals surface area contributed by atoms with Crippen LogP contribution < -0.4 is 5.32 Å². The first-order valence-corrected chi connectivity index (χ1v) is 4.82. The van der Waals surface area contributed by atoms with Gasteiger partial charge in [-0.25, -0.2) is 0 Å². The highest BCUT2D eigenvalue weighted by atomic mass is 19.4. The molecule has 1 unspecified atom stereocenters. The number of aromatic nitrogens is 1. The van der Waals surface area contributed by atoms with Gasteiger partial charge in [0, 0.05) is 12.2 Å². The van der Waals surface area contributed by atoms with E-state index < -0.39 is 11.7 Å². The van der Waals surface area contributed by atoms with Gasteiger partial charge in [0.1, 0.15) is 11.5 Å². The SMILES string of the molecule is CC1CN=C(c2ncccc2C(F)(F)F)N1. The van der Waals surface area contributed by atoms with Crippen LogP contribution in [0.2, 0.25) is 0 Å². The average Bonchev–Trinajstić information content (AvgIpc) is 2.64. The zero-order valence-electron chi connectivity index (χ0n) is 8.54. The molecule has 1 aromatic heterocycles. The van der Waals surface area contributed by atoms with E-state index in [4.69, 9.17) is 0 Å². The van der Waals surface area contributed by atoms with Crippen LogP contribution in [0.5, 0.6) is 0 Å². The monoisotopic (exact) mass is 229 g/mol. The summed E-state index contributed by atoms with van der Waals surface area (Å²) in [5, 5.41) is 2.87. The number of alkyl halides is 3. The molecule has 3 nitrogen and oxygen atoms in total. The predicted octanol–water partition coefficient (Wildman–Crippen LogP) is 1.84. The number of pyridine rings is 1. The van der Waals surface area contributed by atoms with E-state index in [1.807, 2.05) is 6.92 Å². The maximum absolute atomic E-state index is 12.7. The first-order chi connectivity index (χ1) is 7.48. The second-order valence-corrected chi connectivity index (χ2v) is 3.63. The molecule has 16 heavy (non-hydrogen) atoms. The van der Waals surface area contributed by atoms with Crippen LogP contribution in [0.4, 0.5) is 13.2 Å². The van der Waals surface area contributed by atoms with Crippen molar-refractivity contribution >= 4 is 5.84 Å². The molecule has 1 atom stereocenters. The molecule has 1 aliphatic rings. The number of rotatable bonds is 1. The topological polar surface area (TPSA) is 37.3 Å². The molecule has 0 saturated heterocycles. The van der Waals surface area contributed by atoms with Gasteiger partial charge >= 0.3 is 6.18 Å². The first-order valence-electron chi connectivity index (χ1n) is 4.82. The Labute approximate surface area is 90.4 Å². The smallest absolute Gasteiger partial charge is 0.364 e. The van der Waals surface area contributed by atoms with Crippen LogP contribution in [0.1, 0.15) is 18.2 Å². The van der Waals surface area contributed by atoms with Gasteiger partial charge in [-0.05, 0) is 19.1 Å². The normalized spacial score (nSPS) is 20.5. The Morgan fingerprint density at radius 3 is 2.75 bits per heavy atom. The van der Waals surface area contributed by atoms with Crippen molar-refractivity contribution in [2.75, 3.05) is 6.54 Å². The Morgan fingerprint density at radius 2 is 2.19 bits per heavy atom. The molecule has 2 heterocycles. The lowest BCUT2D eigenvalue weighted by molar-refractivity contribution is -0.138. The molecule has 0 radical (unpaired) electrons. The Kier molecular flexibility index (Phi) is 2.57. The molecular weight excluding hydrogens is 219 g/mol. The molecule has 0 aliphatic carbocycles. The van der Waals surface area contributed by atoms with Crippen molar-refractivity contribution in [3.05, 3.63) is 29.6 Å². The van der Waals surface area contributed by atoms with Gasteiger partial charge in [0.05, 0.1) is 12.1 Å². The van der Waals surface area contributed by atoms with E-state index >= 15 is 0 Å². The summed E-state index contributed by atoms with van der Waals surface area (Å²) in [6.07, 6.45) is -3.07. The van der Waals surface area contributed by atoms with E-state index in [9.17, 15) is 13.2 Å². The van der Waals surface area contributed by atoms with Gasteiger partial charge < -0.3 is 5.32 Å². The lowest BCUT2D eigenvalue weighted by Crippen LogP contribution is -2.30. The summed E-state index contributed by atoms with van der Waals surface area (Å²) in [6, 6.07) is 2.33. The van der Waals surface area contributed by atoms with Crippen molar-refractivity contribution in [2.24, 2.45) is 4.99 Å². The van der Waals surface area contributed by atoms with E-state index in [1.165, 1.54) is 12.3 Å². The molecule has 0 fully saturated rings. The standard InChI is InChI=1S/C10H10F3N3/c1-6-5-15-9(16-6)8-7(10(11,12)13)3-2-4-14-8/h2-4,6H,5H2,1H3,(H,15,16). The third-order valence-corrected chi connectivity index (χ3v) is 2.24. The van der Waals surface area contributed by atoms with Gasteiger partial charge in [-0.3, -0.25) is 9.98 Å². The molecule has 6 heteroatoms. The van der Waals surface area contributed by atoms with Gasteiger partial charge in [-0.2, -0.15) is 13.2 Å². The zero-order chi connectivity index (χ0) is 11.8. The molecule has 1 aromatic rings. The summed E-state index contributed by atoms with van der Waals surface area (Å²) in [7, 11) is 0. The van der Waals surface area contributed by atoms with Gasteiger partial charge in [0.2, 0.25) is 0 Å². The number of aliphatic imine (C=N–C) groups is 1. The molecule has 0 aromatic carbocycles. The summed E-state index contributed by atoms with van der Waals surface area (Å²) in [4.78, 5) is 7.75. The minimum absolute atomic E-state index is 0.0538. The van der Waals surface area contributed by atoms with Crippen LogP contribution in [-0.2, 0) is 6.18 Å². The Hall–Kier alpha value is -1.59. The maximum Gasteiger partial charge on any atom is 0.418 e. The van der Waals surface area contributed by atoms with Crippen LogP contribution in [0, 0.1) is 0 Å². The van der Waals surface area contributed by atoms with E-state index in [0.29, 0.717) is 6.54 Å². The molecule has 86 valence electrons. The first kappa shape index (κ1) is 10.9. The second kappa shape index (κ2) is 3.77. The van der Waals surface area contributed by atoms with Gasteiger partial charge in [-0.15, -0.1) is 0 Å². The van der Waals surface area contributed by atoms with Crippen LogP contribution >= 0.6 is 0 Å². The lowest BCUT2D eigenvalue weighted by Gasteiger charge is -2.12. The van der Waals surface area contributed by atoms with Crippen LogP contribution in [-0.4, -0.2) is 23.4 Å². The van der Waals surface area contributed by atoms with E-state index in [1.54, 1.807) is 0 Å². The minimum Gasteiger partial charge on any atom is -0.364 e. The maximum atomic E-state index is 12.7. The van der Waals surface area contributed by atoms with Crippen molar-refractivity contribution in [2.45, 2.75) is 19.1 Å². The predicted molar refractivity (Wildman–Crippen MR) is 53.2 cm³/mol. The van der Waals surface area contributed by atoms with E-state index in [-0.39, 0.29) is 17.6 Å². The summed E-state index contributed by atoms with van der Waals surface area (Å²) in [6.45, 7) is 2.33. The minimum atomic E-state index is -4.40. The quantitative estimate of drug-likeness (QED) is 0.797. The fourth-order valence-corrected chi connectivity index (χ4v) is 1.52. The van der Waals surface area contributed by atoms with Gasteiger partial charge in [0.15, 0.2) is 0 Å². The third kappa shape index (κ3) is 2.00. The molecule has 1 N–H and O–H groups in total. The summed E-state index contributed by atoms with van der Waals surface area (Å²) in [5.41, 5.74) is -0.880. The van der Waals surface area contributed by atoms with Gasteiger partial charge in [0.25, 0.3) is 0 Å². The Morgan fingerprint density at radius 1 is 1.44 bits per heavy atom. The highest BCUT2D eigenvalue weighted by molar-refractivity contribution is 5.99. The van der Waals surface area contributed by atoms with Crippen LogP contribution in [0.15, 0.2) is 23.3 Å². The average molecular weight is 229 g/mol.